The normalized spacial score (nSPS) is 22.2. The summed E-state index contributed by atoms with van der Waals surface area (Å²) in [5.41, 5.74) is 5.24. The lowest BCUT2D eigenvalue weighted by molar-refractivity contribution is -0.0524. The summed E-state index contributed by atoms with van der Waals surface area (Å²) >= 11 is 0. The molecule has 0 unspecified atom stereocenters. The molecule has 0 atom stereocenters. The Bertz CT molecular complexity index is 941. The molecule has 6 heteroatoms. The number of halogens is 2. The number of furan rings is 1. The van der Waals surface area contributed by atoms with Gasteiger partial charge in [-0.2, -0.15) is 0 Å². The summed E-state index contributed by atoms with van der Waals surface area (Å²) in [6.45, 7) is 3.42. The first-order chi connectivity index (χ1) is 12.5. The lowest BCUT2D eigenvalue weighted by Gasteiger charge is -2.32. The van der Waals surface area contributed by atoms with Gasteiger partial charge in [-0.25, -0.2) is 13.8 Å². The van der Waals surface area contributed by atoms with E-state index in [1.54, 1.807) is 0 Å². The average molecular weight is 357 g/mol. The van der Waals surface area contributed by atoms with E-state index in [1.807, 2.05) is 12.1 Å². The van der Waals surface area contributed by atoms with E-state index >= 15 is 0 Å². The van der Waals surface area contributed by atoms with Crippen LogP contribution in [0.3, 0.4) is 0 Å². The number of nitrogens with zero attached hydrogens (tertiary/aromatic N) is 2. The molecule has 2 aliphatic heterocycles. The number of likely N-dealkylation sites (tertiary alicyclic amines) is 1. The fourth-order valence-corrected chi connectivity index (χ4v) is 3.73. The minimum atomic E-state index is -2.52. The van der Waals surface area contributed by atoms with E-state index in [4.69, 9.17) is 9.41 Å². The molecular formula is C20H21F2N3O. The highest BCUT2D eigenvalue weighted by atomic mass is 19.3. The van der Waals surface area contributed by atoms with Gasteiger partial charge in [-0.1, -0.05) is 11.6 Å². The van der Waals surface area contributed by atoms with Crippen LogP contribution < -0.4 is 5.32 Å². The standard InChI is InChI=1S/C20H21F2N3O/c1-12-2-5-15-14(10-12)18-19(26-15)17(13-3-4-13)23-16(24-18)11-25-8-6-20(21,22)7-9-25/h2,5,10H,3-4,6-9,11H2,1H3,(H,23,24). The Morgan fingerprint density at radius 1 is 1.23 bits per heavy atom. The third-order valence-corrected chi connectivity index (χ3v) is 5.37. The van der Waals surface area contributed by atoms with Crippen LogP contribution in [0.5, 0.6) is 0 Å². The molecule has 5 rings (SSSR count). The summed E-state index contributed by atoms with van der Waals surface area (Å²) in [5, 5.41) is 4.44. The van der Waals surface area contributed by atoms with Crippen molar-refractivity contribution in [1.82, 2.24) is 10.2 Å². The molecule has 136 valence electrons. The van der Waals surface area contributed by atoms with Gasteiger partial charge in [-0.3, -0.25) is 4.90 Å². The Kier molecular flexibility index (Phi) is 3.47. The zero-order chi connectivity index (χ0) is 17.9. The molecule has 26 heavy (non-hydrogen) atoms. The number of piperidine rings is 1. The lowest BCUT2D eigenvalue weighted by atomic mass is 10.1. The summed E-state index contributed by atoms with van der Waals surface area (Å²) in [6.07, 6.45) is 1.99. The maximum Gasteiger partial charge on any atom is 0.250 e. The summed E-state index contributed by atoms with van der Waals surface area (Å²) < 4.78 is 32.9. The predicted octanol–water partition coefficient (Wildman–Crippen LogP) is 4.61. The summed E-state index contributed by atoms with van der Waals surface area (Å²) in [5.74, 6) is -0.890. The molecule has 1 saturated heterocycles. The molecule has 1 N–H and O–H groups in total. The molecule has 1 aromatic heterocycles. The van der Waals surface area contributed by atoms with Gasteiger partial charge in [0.15, 0.2) is 5.76 Å². The van der Waals surface area contributed by atoms with Crippen LogP contribution in [0.15, 0.2) is 33.2 Å². The van der Waals surface area contributed by atoms with E-state index in [9.17, 15) is 8.78 Å². The van der Waals surface area contributed by atoms with Crippen molar-refractivity contribution < 1.29 is 13.2 Å². The number of aryl methyl sites for hydroxylation is 1. The van der Waals surface area contributed by atoms with Crippen LogP contribution in [0.4, 0.5) is 14.5 Å². The number of fused-ring (bicyclic) bond motifs is 3. The number of aliphatic imine (C=N–C) groups is 1. The van der Waals surface area contributed by atoms with Crippen molar-refractivity contribution in [2.45, 2.75) is 38.5 Å². The van der Waals surface area contributed by atoms with Crippen LogP contribution in [0.2, 0.25) is 0 Å². The van der Waals surface area contributed by atoms with Crippen molar-refractivity contribution in [1.29, 1.82) is 0 Å². The Morgan fingerprint density at radius 3 is 2.73 bits per heavy atom. The van der Waals surface area contributed by atoms with Crippen LogP contribution in [0, 0.1) is 6.92 Å². The fraction of sp³-hybridized carbons (Fsp3) is 0.450. The Morgan fingerprint density at radius 2 is 2.00 bits per heavy atom. The molecule has 0 radical (unpaired) electrons. The second-order valence-electron chi connectivity index (χ2n) is 7.57. The van der Waals surface area contributed by atoms with E-state index < -0.39 is 5.92 Å². The third-order valence-electron chi connectivity index (χ3n) is 5.37. The number of hydrogen-bond acceptors (Lipinski definition) is 4. The van der Waals surface area contributed by atoms with E-state index in [1.165, 1.54) is 5.57 Å². The van der Waals surface area contributed by atoms with E-state index in [0.717, 1.165) is 52.4 Å². The van der Waals surface area contributed by atoms with E-state index in [0.29, 0.717) is 19.6 Å². The first kappa shape index (κ1) is 16.0. The largest absolute Gasteiger partial charge is 0.452 e. The highest BCUT2D eigenvalue weighted by Gasteiger charge is 2.35. The zero-order valence-electron chi connectivity index (χ0n) is 14.7. The molecular weight excluding hydrogens is 336 g/mol. The van der Waals surface area contributed by atoms with Gasteiger partial charge in [0, 0.05) is 31.3 Å². The second-order valence-corrected chi connectivity index (χ2v) is 7.57. The maximum atomic E-state index is 13.4. The fourth-order valence-electron chi connectivity index (χ4n) is 3.73. The molecule has 1 saturated carbocycles. The van der Waals surface area contributed by atoms with Gasteiger partial charge in [-0.15, -0.1) is 0 Å². The van der Waals surface area contributed by atoms with Crippen LogP contribution in [-0.2, 0) is 0 Å². The van der Waals surface area contributed by atoms with Crippen LogP contribution >= 0.6 is 0 Å². The zero-order valence-corrected chi connectivity index (χ0v) is 14.7. The molecule has 1 aliphatic carbocycles. The Balaban J connectivity index is 1.50. The smallest absolute Gasteiger partial charge is 0.250 e. The number of nitrogens with one attached hydrogen (secondary N) is 1. The minimum Gasteiger partial charge on any atom is -0.452 e. The van der Waals surface area contributed by atoms with Crippen molar-refractivity contribution in [2.24, 2.45) is 4.99 Å². The molecule has 3 aliphatic rings. The van der Waals surface area contributed by atoms with Crippen molar-refractivity contribution in [3.05, 3.63) is 35.1 Å². The van der Waals surface area contributed by atoms with Crippen molar-refractivity contribution >= 4 is 28.2 Å². The van der Waals surface area contributed by atoms with Crippen molar-refractivity contribution in [2.75, 3.05) is 19.6 Å². The van der Waals surface area contributed by atoms with Gasteiger partial charge in [0.25, 0.3) is 5.92 Å². The van der Waals surface area contributed by atoms with Crippen LogP contribution in [-0.4, -0.2) is 36.3 Å². The first-order valence-electron chi connectivity index (χ1n) is 9.19. The topological polar surface area (TPSA) is 40.8 Å². The molecule has 2 aromatic rings. The quantitative estimate of drug-likeness (QED) is 0.853. The molecule has 0 spiro atoms. The molecule has 0 amide bonds. The van der Waals surface area contributed by atoms with Crippen molar-refractivity contribution in [3.8, 4) is 0 Å². The highest BCUT2D eigenvalue weighted by molar-refractivity contribution is 6.06. The average Bonchev–Trinajstić information content (AvgIpc) is 3.39. The van der Waals surface area contributed by atoms with Gasteiger partial charge < -0.3 is 9.73 Å². The van der Waals surface area contributed by atoms with Crippen LogP contribution in [0.1, 0.15) is 37.0 Å². The van der Waals surface area contributed by atoms with Gasteiger partial charge in [-0.05, 0) is 37.5 Å². The molecule has 3 heterocycles. The lowest BCUT2D eigenvalue weighted by Crippen LogP contribution is -2.44. The van der Waals surface area contributed by atoms with Gasteiger partial charge in [0.05, 0.1) is 12.2 Å². The first-order valence-corrected chi connectivity index (χ1v) is 9.19. The number of benzene rings is 1. The van der Waals surface area contributed by atoms with Gasteiger partial charge in [0.1, 0.15) is 17.1 Å². The summed E-state index contributed by atoms with van der Waals surface area (Å²) in [6, 6.07) is 6.12. The molecule has 0 bridgehead atoms. The van der Waals surface area contributed by atoms with Crippen molar-refractivity contribution in [3.63, 3.8) is 0 Å². The monoisotopic (exact) mass is 357 g/mol. The highest BCUT2D eigenvalue weighted by Crippen LogP contribution is 2.44. The molecule has 4 nitrogen and oxygen atoms in total. The summed E-state index contributed by atoms with van der Waals surface area (Å²) in [4.78, 5) is 6.87. The number of rotatable bonds is 2. The summed E-state index contributed by atoms with van der Waals surface area (Å²) in [7, 11) is 0. The Hall–Kier alpha value is -2.21. The number of allylic oxidation sites excluding steroid dienone is 1. The van der Waals surface area contributed by atoms with E-state index in [-0.39, 0.29) is 12.8 Å². The number of alkyl halides is 2. The predicted molar refractivity (Wildman–Crippen MR) is 98.0 cm³/mol. The maximum absolute atomic E-state index is 13.4. The number of hydrogen-bond donors (Lipinski definition) is 1. The minimum absolute atomic E-state index is 0.0761. The van der Waals surface area contributed by atoms with Crippen LogP contribution in [0.25, 0.3) is 16.7 Å². The van der Waals surface area contributed by atoms with Gasteiger partial charge in [0.2, 0.25) is 0 Å². The van der Waals surface area contributed by atoms with E-state index in [2.05, 4.69) is 23.2 Å². The SMILES string of the molecule is Cc1ccc2oc3c(c2c1)N=C(CN1CCC(F)(F)CC1)NC3=C1CC1. The third kappa shape index (κ3) is 2.82. The number of amidine groups is 1. The Labute approximate surface area is 150 Å². The molecule has 1 aromatic carbocycles. The molecule has 2 fully saturated rings. The van der Waals surface area contributed by atoms with Gasteiger partial charge >= 0.3 is 0 Å². The second kappa shape index (κ2) is 5.64.